The molecule has 1 rings (SSSR count). The van der Waals surface area contributed by atoms with Crippen LogP contribution in [0, 0.1) is 17.8 Å². The molecule has 20 heavy (non-hydrogen) atoms. The Morgan fingerprint density at radius 1 is 1.20 bits per heavy atom. The van der Waals surface area contributed by atoms with E-state index in [1.165, 1.54) is 0 Å². The highest BCUT2D eigenvalue weighted by Gasteiger charge is 2.12. The highest BCUT2D eigenvalue weighted by atomic mass is 16.5. The smallest absolute Gasteiger partial charge is 0.119 e. The summed E-state index contributed by atoms with van der Waals surface area (Å²) in [7, 11) is 2.13. The Kier molecular flexibility index (Phi) is 7.14. The van der Waals surface area contributed by atoms with E-state index < -0.39 is 0 Å². The highest BCUT2D eigenvalue weighted by Crippen LogP contribution is 2.12. The molecule has 110 valence electrons. The molecule has 1 atom stereocenters. The minimum Gasteiger partial charge on any atom is -0.492 e. The van der Waals surface area contributed by atoms with Crippen molar-refractivity contribution in [3.8, 4) is 17.6 Å². The molecule has 0 aromatic heterocycles. The minimum absolute atomic E-state index is 0.112. The molecular weight excluding hydrogens is 250 g/mol. The Morgan fingerprint density at radius 3 is 2.40 bits per heavy atom. The zero-order valence-electron chi connectivity index (χ0n) is 12.9. The standard InChI is InChI=1S/C17H25NO2/c1-14(2)15(3)18(4)11-13-20-17-9-7-16(8-10-17)6-5-12-19/h7-10,14-15,19H,11-13H2,1-4H3. The molecule has 3 heteroatoms. The molecule has 0 aliphatic carbocycles. The summed E-state index contributed by atoms with van der Waals surface area (Å²) in [6.45, 7) is 8.17. The third-order valence-electron chi connectivity index (χ3n) is 3.54. The van der Waals surface area contributed by atoms with Gasteiger partial charge in [0, 0.05) is 18.2 Å². The molecule has 0 saturated carbocycles. The molecule has 0 amide bonds. The van der Waals surface area contributed by atoms with Gasteiger partial charge in [0.05, 0.1) is 0 Å². The van der Waals surface area contributed by atoms with Crippen molar-refractivity contribution in [1.29, 1.82) is 0 Å². The van der Waals surface area contributed by atoms with Crippen molar-refractivity contribution in [2.24, 2.45) is 5.92 Å². The van der Waals surface area contributed by atoms with Crippen molar-refractivity contribution < 1.29 is 9.84 Å². The van der Waals surface area contributed by atoms with Gasteiger partial charge in [-0.2, -0.15) is 0 Å². The van der Waals surface area contributed by atoms with Gasteiger partial charge in [-0.1, -0.05) is 25.7 Å². The first-order valence-corrected chi connectivity index (χ1v) is 7.07. The van der Waals surface area contributed by atoms with Crippen LogP contribution in [-0.2, 0) is 0 Å². The van der Waals surface area contributed by atoms with Gasteiger partial charge in [0.1, 0.15) is 19.0 Å². The fourth-order valence-corrected chi connectivity index (χ4v) is 1.80. The summed E-state index contributed by atoms with van der Waals surface area (Å²) in [5, 5.41) is 8.63. The van der Waals surface area contributed by atoms with E-state index in [1.54, 1.807) is 0 Å². The lowest BCUT2D eigenvalue weighted by molar-refractivity contribution is 0.170. The van der Waals surface area contributed by atoms with Crippen molar-refractivity contribution in [2.75, 3.05) is 26.8 Å². The van der Waals surface area contributed by atoms with E-state index in [0.717, 1.165) is 17.9 Å². The second-order valence-electron chi connectivity index (χ2n) is 5.30. The van der Waals surface area contributed by atoms with Crippen LogP contribution < -0.4 is 4.74 Å². The summed E-state index contributed by atoms with van der Waals surface area (Å²) >= 11 is 0. The Hall–Kier alpha value is -1.50. The first-order chi connectivity index (χ1) is 9.54. The molecule has 1 unspecified atom stereocenters. The largest absolute Gasteiger partial charge is 0.492 e. The van der Waals surface area contributed by atoms with Gasteiger partial charge < -0.3 is 14.7 Å². The topological polar surface area (TPSA) is 32.7 Å². The fourth-order valence-electron chi connectivity index (χ4n) is 1.80. The number of aliphatic hydroxyl groups excluding tert-OH is 1. The number of benzene rings is 1. The first-order valence-electron chi connectivity index (χ1n) is 7.07. The van der Waals surface area contributed by atoms with Crippen molar-refractivity contribution in [3.63, 3.8) is 0 Å². The van der Waals surface area contributed by atoms with Crippen LogP contribution >= 0.6 is 0 Å². The van der Waals surface area contributed by atoms with Crippen LogP contribution in [0.25, 0.3) is 0 Å². The number of hydrogen-bond donors (Lipinski definition) is 1. The number of hydrogen-bond acceptors (Lipinski definition) is 3. The van der Waals surface area contributed by atoms with Crippen molar-refractivity contribution in [2.45, 2.75) is 26.8 Å². The first kappa shape index (κ1) is 16.6. The van der Waals surface area contributed by atoms with Crippen LogP contribution in [0.1, 0.15) is 26.3 Å². The molecule has 0 fully saturated rings. The Bertz CT molecular complexity index is 442. The molecule has 1 aromatic rings. The Labute approximate surface area is 122 Å². The van der Waals surface area contributed by atoms with E-state index >= 15 is 0 Å². The van der Waals surface area contributed by atoms with E-state index in [9.17, 15) is 0 Å². The molecule has 0 saturated heterocycles. The lowest BCUT2D eigenvalue weighted by Crippen LogP contribution is -2.36. The number of aliphatic hydroxyl groups is 1. The third-order valence-corrected chi connectivity index (χ3v) is 3.54. The van der Waals surface area contributed by atoms with E-state index in [0.29, 0.717) is 18.6 Å². The fraction of sp³-hybridized carbons (Fsp3) is 0.529. The van der Waals surface area contributed by atoms with Gasteiger partial charge in [0.2, 0.25) is 0 Å². The van der Waals surface area contributed by atoms with Crippen LogP contribution in [0.3, 0.4) is 0 Å². The van der Waals surface area contributed by atoms with E-state index in [-0.39, 0.29) is 6.61 Å². The summed E-state index contributed by atoms with van der Waals surface area (Å²) in [6.07, 6.45) is 0. The summed E-state index contributed by atoms with van der Waals surface area (Å²) in [4.78, 5) is 2.31. The van der Waals surface area contributed by atoms with Gasteiger partial charge >= 0.3 is 0 Å². The summed E-state index contributed by atoms with van der Waals surface area (Å²) in [5.41, 5.74) is 0.886. The van der Waals surface area contributed by atoms with Crippen molar-refractivity contribution >= 4 is 0 Å². The second-order valence-corrected chi connectivity index (χ2v) is 5.30. The van der Waals surface area contributed by atoms with Gasteiger partial charge in [-0.3, -0.25) is 0 Å². The van der Waals surface area contributed by atoms with Gasteiger partial charge in [-0.25, -0.2) is 0 Å². The summed E-state index contributed by atoms with van der Waals surface area (Å²) in [5.74, 6) is 6.98. The molecule has 0 spiro atoms. The van der Waals surface area contributed by atoms with Crippen LogP contribution in [0.4, 0.5) is 0 Å². The molecule has 0 radical (unpaired) electrons. The van der Waals surface area contributed by atoms with E-state index in [2.05, 4.69) is 44.6 Å². The maximum Gasteiger partial charge on any atom is 0.119 e. The van der Waals surface area contributed by atoms with E-state index in [1.807, 2.05) is 24.3 Å². The van der Waals surface area contributed by atoms with Gasteiger partial charge in [-0.05, 0) is 44.2 Å². The maximum absolute atomic E-state index is 8.63. The predicted octanol–water partition coefficient (Wildman–Crippen LogP) is 2.39. The zero-order chi connectivity index (χ0) is 15.0. The van der Waals surface area contributed by atoms with Gasteiger partial charge in [-0.15, -0.1) is 0 Å². The zero-order valence-corrected chi connectivity index (χ0v) is 12.9. The Morgan fingerprint density at radius 2 is 1.85 bits per heavy atom. The average Bonchev–Trinajstić information content (AvgIpc) is 2.45. The van der Waals surface area contributed by atoms with Crippen molar-refractivity contribution in [1.82, 2.24) is 4.90 Å². The molecule has 0 heterocycles. The lowest BCUT2D eigenvalue weighted by atomic mass is 10.1. The molecular formula is C17H25NO2. The minimum atomic E-state index is -0.112. The summed E-state index contributed by atoms with van der Waals surface area (Å²) < 4.78 is 5.73. The Balaban J connectivity index is 2.39. The maximum atomic E-state index is 8.63. The molecule has 1 N–H and O–H groups in total. The molecule has 1 aromatic carbocycles. The number of likely N-dealkylation sites (N-methyl/N-ethyl adjacent to an activating group) is 1. The predicted molar refractivity (Wildman–Crippen MR) is 82.8 cm³/mol. The van der Waals surface area contributed by atoms with E-state index in [4.69, 9.17) is 9.84 Å². The number of ether oxygens (including phenoxy) is 1. The van der Waals surface area contributed by atoms with Crippen molar-refractivity contribution in [3.05, 3.63) is 29.8 Å². The van der Waals surface area contributed by atoms with Crippen LogP contribution in [-0.4, -0.2) is 42.9 Å². The average molecular weight is 275 g/mol. The monoisotopic (exact) mass is 275 g/mol. The number of nitrogens with zero attached hydrogens (tertiary/aromatic N) is 1. The quantitative estimate of drug-likeness (QED) is 0.809. The molecule has 0 aliphatic heterocycles. The number of rotatable bonds is 6. The van der Waals surface area contributed by atoms with Crippen LogP contribution in [0.15, 0.2) is 24.3 Å². The van der Waals surface area contributed by atoms with Gasteiger partial charge in [0.25, 0.3) is 0 Å². The third kappa shape index (κ3) is 5.64. The lowest BCUT2D eigenvalue weighted by Gasteiger charge is -2.27. The molecule has 0 bridgehead atoms. The summed E-state index contributed by atoms with van der Waals surface area (Å²) in [6, 6.07) is 8.17. The highest BCUT2D eigenvalue weighted by molar-refractivity contribution is 5.38. The molecule has 0 aliphatic rings. The van der Waals surface area contributed by atoms with Crippen LogP contribution in [0.5, 0.6) is 5.75 Å². The normalized spacial score (nSPS) is 12.2. The SMILES string of the molecule is CC(C)C(C)N(C)CCOc1ccc(C#CCO)cc1. The van der Waals surface area contributed by atoms with Gasteiger partial charge in [0.15, 0.2) is 0 Å². The molecule has 3 nitrogen and oxygen atoms in total. The van der Waals surface area contributed by atoms with Crippen LogP contribution in [0.2, 0.25) is 0 Å². The second kappa shape index (κ2) is 8.63.